The molecule has 0 N–H and O–H groups in total. The van der Waals surface area contributed by atoms with Crippen molar-refractivity contribution >= 4 is 11.6 Å². The first-order chi connectivity index (χ1) is 12.7. The van der Waals surface area contributed by atoms with Gasteiger partial charge in [-0.25, -0.2) is 0 Å². The van der Waals surface area contributed by atoms with Crippen LogP contribution in [0.4, 0.5) is 5.69 Å². The predicted molar refractivity (Wildman–Crippen MR) is 97.6 cm³/mol. The molecule has 5 rings (SSSR count). The summed E-state index contributed by atoms with van der Waals surface area (Å²) in [5.74, 6) is 1.36. The van der Waals surface area contributed by atoms with Crippen LogP contribution in [0.5, 0.6) is 5.75 Å². The summed E-state index contributed by atoms with van der Waals surface area (Å²) in [6.45, 7) is 2.15. The first-order valence-electron chi connectivity index (χ1n) is 9.74. The van der Waals surface area contributed by atoms with Crippen molar-refractivity contribution < 1.29 is 9.53 Å². The molecule has 1 aromatic heterocycles. The number of hydrogen-bond acceptors (Lipinski definition) is 4. The highest BCUT2D eigenvalue weighted by molar-refractivity contribution is 5.98. The lowest BCUT2D eigenvalue weighted by Crippen LogP contribution is -2.43. The van der Waals surface area contributed by atoms with E-state index in [0.29, 0.717) is 0 Å². The molecular weight excluding hydrogens is 328 g/mol. The van der Waals surface area contributed by atoms with E-state index in [1.54, 1.807) is 17.2 Å². The maximum absolute atomic E-state index is 12.9. The van der Waals surface area contributed by atoms with Crippen molar-refractivity contribution in [3.63, 3.8) is 0 Å². The van der Waals surface area contributed by atoms with E-state index in [2.05, 4.69) is 23.2 Å². The zero-order chi connectivity index (χ0) is 17.7. The lowest BCUT2D eigenvalue weighted by Gasteiger charge is -2.37. The molecule has 2 aliphatic carbocycles. The molecule has 2 saturated carbocycles. The summed E-state index contributed by atoms with van der Waals surface area (Å²) < 4.78 is 6.40. The third-order valence-electron chi connectivity index (χ3n) is 5.86. The Hall–Kier alpha value is -2.37. The van der Waals surface area contributed by atoms with Crippen molar-refractivity contribution in [2.24, 2.45) is 5.92 Å². The number of amides is 1. The number of fused-ring (bicyclic) bond motifs is 1. The van der Waals surface area contributed by atoms with Crippen LogP contribution in [0.25, 0.3) is 5.69 Å². The molecule has 2 heterocycles. The van der Waals surface area contributed by atoms with E-state index in [0.717, 1.165) is 61.2 Å². The molecule has 1 atom stereocenters. The Bertz CT molecular complexity index is 825. The maximum Gasteiger partial charge on any atom is 0.230 e. The van der Waals surface area contributed by atoms with Crippen LogP contribution in [-0.4, -0.2) is 33.0 Å². The third-order valence-corrected chi connectivity index (χ3v) is 5.86. The van der Waals surface area contributed by atoms with Gasteiger partial charge in [0.2, 0.25) is 5.91 Å². The number of carbonyl (C=O) groups is 1. The highest BCUT2D eigenvalue weighted by Crippen LogP contribution is 2.44. The molecule has 1 aromatic carbocycles. The van der Waals surface area contributed by atoms with Crippen LogP contribution in [0.2, 0.25) is 0 Å². The molecule has 0 bridgehead atoms. The summed E-state index contributed by atoms with van der Waals surface area (Å²) in [6.07, 6.45) is 11.0. The molecule has 136 valence electrons. The SMILES string of the molecule is CC1CCc2c(ccc(-n3nccn3)c2OC2CCC2)N1C(=O)C1CC1. The van der Waals surface area contributed by atoms with Crippen molar-refractivity contribution in [2.45, 2.75) is 64.0 Å². The molecule has 2 fully saturated rings. The van der Waals surface area contributed by atoms with Crippen molar-refractivity contribution in [3.8, 4) is 11.4 Å². The molecule has 1 aliphatic heterocycles. The Labute approximate surface area is 153 Å². The predicted octanol–water partition coefficient (Wildman–Crippen LogP) is 3.28. The Balaban J connectivity index is 1.61. The van der Waals surface area contributed by atoms with Crippen LogP contribution >= 0.6 is 0 Å². The lowest BCUT2D eigenvalue weighted by atomic mass is 9.93. The first-order valence-corrected chi connectivity index (χ1v) is 9.74. The van der Waals surface area contributed by atoms with Crippen LogP contribution in [-0.2, 0) is 11.2 Å². The van der Waals surface area contributed by atoms with E-state index < -0.39 is 0 Å². The second-order valence-corrected chi connectivity index (χ2v) is 7.77. The molecule has 6 heteroatoms. The van der Waals surface area contributed by atoms with E-state index in [9.17, 15) is 4.79 Å². The van der Waals surface area contributed by atoms with Gasteiger partial charge in [-0.2, -0.15) is 10.2 Å². The quantitative estimate of drug-likeness (QED) is 0.847. The maximum atomic E-state index is 12.9. The van der Waals surface area contributed by atoms with Crippen molar-refractivity contribution in [1.82, 2.24) is 15.0 Å². The topological polar surface area (TPSA) is 60.2 Å². The third kappa shape index (κ3) is 2.59. The molecule has 2 aromatic rings. The fourth-order valence-corrected chi connectivity index (χ4v) is 3.94. The minimum absolute atomic E-state index is 0.215. The van der Waals surface area contributed by atoms with Crippen LogP contribution < -0.4 is 9.64 Å². The molecule has 0 saturated heterocycles. The Morgan fingerprint density at radius 3 is 2.46 bits per heavy atom. The summed E-state index contributed by atoms with van der Waals surface area (Å²) in [5, 5.41) is 8.60. The van der Waals surface area contributed by atoms with Crippen LogP contribution in [0.1, 0.15) is 51.0 Å². The van der Waals surface area contributed by atoms with E-state index in [1.165, 1.54) is 6.42 Å². The number of ether oxygens (including phenoxy) is 1. The molecule has 0 radical (unpaired) electrons. The lowest BCUT2D eigenvalue weighted by molar-refractivity contribution is -0.120. The van der Waals surface area contributed by atoms with Gasteiger partial charge >= 0.3 is 0 Å². The average Bonchev–Trinajstić information content (AvgIpc) is 3.32. The second kappa shape index (κ2) is 6.11. The van der Waals surface area contributed by atoms with Gasteiger partial charge in [-0.15, -0.1) is 4.80 Å². The van der Waals surface area contributed by atoms with Crippen molar-refractivity contribution in [3.05, 3.63) is 30.1 Å². The smallest absolute Gasteiger partial charge is 0.230 e. The first kappa shape index (κ1) is 15.9. The fourth-order valence-electron chi connectivity index (χ4n) is 3.94. The Morgan fingerprint density at radius 2 is 1.81 bits per heavy atom. The largest absolute Gasteiger partial charge is 0.488 e. The van der Waals surface area contributed by atoms with Crippen molar-refractivity contribution in [2.75, 3.05) is 4.90 Å². The monoisotopic (exact) mass is 352 g/mol. The van der Waals surface area contributed by atoms with Gasteiger partial charge in [0.25, 0.3) is 0 Å². The number of nitrogens with zero attached hydrogens (tertiary/aromatic N) is 4. The summed E-state index contributed by atoms with van der Waals surface area (Å²) in [5.41, 5.74) is 3.03. The van der Waals surface area contributed by atoms with Gasteiger partial charge in [0, 0.05) is 17.5 Å². The number of anilines is 1. The van der Waals surface area contributed by atoms with Gasteiger partial charge in [0.05, 0.1) is 24.2 Å². The fraction of sp³-hybridized carbons (Fsp3) is 0.550. The van der Waals surface area contributed by atoms with Gasteiger partial charge in [0.1, 0.15) is 5.69 Å². The van der Waals surface area contributed by atoms with Gasteiger partial charge in [-0.3, -0.25) is 4.79 Å². The normalized spacial score (nSPS) is 22.7. The molecule has 1 amide bonds. The van der Waals surface area contributed by atoms with Crippen LogP contribution in [0.15, 0.2) is 24.5 Å². The standard InChI is InChI=1S/C20H24N4O2/c1-13-5-8-16-17(23(13)20(25)14-6-7-14)9-10-18(24-21-11-12-22-24)19(16)26-15-3-2-4-15/h9-15H,2-8H2,1H3. The average molecular weight is 352 g/mol. The zero-order valence-electron chi connectivity index (χ0n) is 15.1. The summed E-state index contributed by atoms with van der Waals surface area (Å²) in [7, 11) is 0. The second-order valence-electron chi connectivity index (χ2n) is 7.77. The Morgan fingerprint density at radius 1 is 1.08 bits per heavy atom. The van der Waals surface area contributed by atoms with Gasteiger partial charge < -0.3 is 9.64 Å². The molecular formula is C20H24N4O2. The number of rotatable bonds is 4. The zero-order valence-corrected chi connectivity index (χ0v) is 15.1. The minimum Gasteiger partial charge on any atom is -0.488 e. The van der Waals surface area contributed by atoms with E-state index in [-0.39, 0.29) is 24.0 Å². The number of aromatic nitrogens is 3. The summed E-state index contributed by atoms with van der Waals surface area (Å²) in [4.78, 5) is 16.5. The Kier molecular flexibility index (Phi) is 3.72. The number of hydrogen-bond donors (Lipinski definition) is 0. The molecule has 1 unspecified atom stereocenters. The summed E-state index contributed by atoms with van der Waals surface area (Å²) >= 11 is 0. The highest BCUT2D eigenvalue weighted by Gasteiger charge is 2.39. The summed E-state index contributed by atoms with van der Waals surface area (Å²) in [6, 6.07) is 4.29. The van der Waals surface area contributed by atoms with Gasteiger partial charge in [0.15, 0.2) is 5.75 Å². The van der Waals surface area contributed by atoms with Gasteiger partial charge in [-0.05, 0) is 64.0 Å². The van der Waals surface area contributed by atoms with Crippen LogP contribution in [0.3, 0.4) is 0 Å². The molecule has 3 aliphatic rings. The van der Waals surface area contributed by atoms with E-state index >= 15 is 0 Å². The van der Waals surface area contributed by atoms with Crippen LogP contribution in [0, 0.1) is 5.92 Å². The van der Waals surface area contributed by atoms with E-state index in [4.69, 9.17) is 4.74 Å². The van der Waals surface area contributed by atoms with Gasteiger partial charge in [-0.1, -0.05) is 0 Å². The highest BCUT2D eigenvalue weighted by atomic mass is 16.5. The van der Waals surface area contributed by atoms with Crippen molar-refractivity contribution in [1.29, 1.82) is 0 Å². The van der Waals surface area contributed by atoms with E-state index in [1.807, 2.05) is 11.0 Å². The molecule has 6 nitrogen and oxygen atoms in total. The number of carbonyl (C=O) groups excluding carboxylic acids is 1. The molecule has 26 heavy (non-hydrogen) atoms. The molecule has 0 spiro atoms. The minimum atomic E-state index is 0.215. The number of benzene rings is 1.